The summed E-state index contributed by atoms with van der Waals surface area (Å²) in [6.45, 7) is 3.50. The molecule has 2 aromatic carbocycles. The van der Waals surface area contributed by atoms with Crippen molar-refractivity contribution >= 4 is 62.4 Å². The van der Waals surface area contributed by atoms with Crippen LogP contribution in [0.25, 0.3) is 5.57 Å². The fourth-order valence-corrected chi connectivity index (χ4v) is 3.70. The Hall–Kier alpha value is -0.940. The Kier molecular flexibility index (Phi) is 5.38. The summed E-state index contributed by atoms with van der Waals surface area (Å²) >= 11 is 17.2. The van der Waals surface area contributed by atoms with E-state index in [0.29, 0.717) is 10.6 Å². The first-order valence-corrected chi connectivity index (χ1v) is 8.10. The number of rotatable bonds is 4. The Morgan fingerprint density at radius 3 is 2.52 bits per heavy atom. The molecule has 0 radical (unpaired) electrons. The van der Waals surface area contributed by atoms with Crippen LogP contribution in [0.15, 0.2) is 57.2 Å². The number of benzene rings is 2. The van der Waals surface area contributed by atoms with Crippen molar-refractivity contribution in [2.45, 2.75) is 9.79 Å². The second-order valence-electron chi connectivity index (χ2n) is 4.08. The molecule has 2 nitrogen and oxygen atoms in total. The molecule has 2 aromatic rings. The van der Waals surface area contributed by atoms with Crippen LogP contribution in [0.5, 0.6) is 0 Å². The fraction of sp³-hybridized carbons (Fsp3) is 0. The van der Waals surface area contributed by atoms with E-state index in [4.69, 9.17) is 28.3 Å². The van der Waals surface area contributed by atoms with Crippen LogP contribution >= 0.6 is 50.9 Å². The van der Waals surface area contributed by atoms with Gasteiger partial charge in [-0.25, -0.2) is 4.79 Å². The second kappa shape index (κ2) is 6.88. The van der Waals surface area contributed by atoms with Gasteiger partial charge in [0.2, 0.25) is 0 Å². The fourth-order valence-electron chi connectivity index (χ4n) is 1.62. The third-order valence-corrected chi connectivity index (χ3v) is 5.19. The molecule has 0 unspecified atom stereocenters. The molecule has 0 aliphatic carbocycles. The van der Waals surface area contributed by atoms with E-state index in [9.17, 15) is 4.79 Å². The van der Waals surface area contributed by atoms with Gasteiger partial charge < -0.3 is 5.11 Å². The standard InChI is InChI=1S/C15H9BrCl2O2S/c1-8(15(19)20)11-5-6-12(14(18)13(11)17)21-10-4-2-3-9(16)7-10/h2-7H,1H2,(H,19,20). The van der Waals surface area contributed by atoms with Crippen molar-refractivity contribution in [3.05, 3.63) is 63.1 Å². The molecule has 0 saturated carbocycles. The molecule has 0 aromatic heterocycles. The van der Waals surface area contributed by atoms with Crippen LogP contribution in [-0.2, 0) is 4.79 Å². The molecule has 1 N–H and O–H groups in total. The topological polar surface area (TPSA) is 37.3 Å². The van der Waals surface area contributed by atoms with Crippen LogP contribution in [0.1, 0.15) is 5.56 Å². The predicted molar refractivity (Wildman–Crippen MR) is 91.4 cm³/mol. The largest absolute Gasteiger partial charge is 0.478 e. The Morgan fingerprint density at radius 2 is 1.90 bits per heavy atom. The summed E-state index contributed by atoms with van der Waals surface area (Å²) in [6, 6.07) is 11.1. The zero-order valence-corrected chi connectivity index (χ0v) is 14.5. The van der Waals surface area contributed by atoms with E-state index < -0.39 is 5.97 Å². The molecule has 0 aliphatic rings. The predicted octanol–water partition coefficient (Wildman–Crippen LogP) is 6.00. The highest BCUT2D eigenvalue weighted by Gasteiger charge is 2.16. The number of carbonyl (C=O) groups is 1. The summed E-state index contributed by atoms with van der Waals surface area (Å²) in [5, 5.41) is 9.49. The summed E-state index contributed by atoms with van der Waals surface area (Å²) in [7, 11) is 0. The van der Waals surface area contributed by atoms with Crippen molar-refractivity contribution in [1.82, 2.24) is 0 Å². The third-order valence-electron chi connectivity index (χ3n) is 2.65. The summed E-state index contributed by atoms with van der Waals surface area (Å²) in [6.07, 6.45) is 0. The maximum atomic E-state index is 11.0. The highest BCUT2D eigenvalue weighted by atomic mass is 79.9. The minimum absolute atomic E-state index is 0.0825. The summed E-state index contributed by atoms with van der Waals surface area (Å²) in [5.41, 5.74) is 0.244. The van der Waals surface area contributed by atoms with Crippen LogP contribution in [0.4, 0.5) is 0 Å². The maximum absolute atomic E-state index is 11.0. The number of halogens is 3. The number of hydrogen-bond acceptors (Lipinski definition) is 2. The van der Waals surface area contributed by atoms with Crippen LogP contribution in [-0.4, -0.2) is 11.1 Å². The summed E-state index contributed by atoms with van der Waals surface area (Å²) in [4.78, 5) is 12.7. The second-order valence-corrected chi connectivity index (χ2v) is 6.87. The van der Waals surface area contributed by atoms with E-state index >= 15 is 0 Å². The van der Waals surface area contributed by atoms with Gasteiger partial charge in [-0.05, 0) is 24.3 Å². The van der Waals surface area contributed by atoms with Crippen LogP contribution in [0.3, 0.4) is 0 Å². The lowest BCUT2D eigenvalue weighted by Crippen LogP contribution is -1.99. The molecule has 6 heteroatoms. The first kappa shape index (κ1) is 16.4. The van der Waals surface area contributed by atoms with E-state index in [2.05, 4.69) is 22.5 Å². The lowest BCUT2D eigenvalue weighted by Gasteiger charge is -2.10. The number of aliphatic carboxylic acids is 1. The molecular formula is C15H9BrCl2O2S. The van der Waals surface area contributed by atoms with Crippen molar-refractivity contribution < 1.29 is 9.90 Å². The SMILES string of the molecule is C=C(C(=O)O)c1ccc(Sc2cccc(Br)c2)c(Cl)c1Cl. The molecule has 108 valence electrons. The van der Waals surface area contributed by atoms with Gasteiger partial charge in [0.15, 0.2) is 0 Å². The first-order valence-electron chi connectivity index (χ1n) is 5.74. The Morgan fingerprint density at radius 1 is 1.19 bits per heavy atom. The molecule has 0 aliphatic heterocycles. The molecular weight excluding hydrogens is 395 g/mol. The van der Waals surface area contributed by atoms with E-state index in [-0.39, 0.29) is 10.6 Å². The minimum Gasteiger partial charge on any atom is -0.478 e. The van der Waals surface area contributed by atoms with Crippen molar-refractivity contribution in [2.24, 2.45) is 0 Å². The average Bonchev–Trinajstić information content (AvgIpc) is 2.43. The number of carboxylic acid groups (broad SMARTS) is 1. The number of carboxylic acids is 1. The van der Waals surface area contributed by atoms with E-state index in [1.54, 1.807) is 12.1 Å². The molecule has 0 bridgehead atoms. The zero-order chi connectivity index (χ0) is 15.6. The lowest BCUT2D eigenvalue weighted by molar-refractivity contribution is -0.130. The monoisotopic (exact) mass is 402 g/mol. The molecule has 0 heterocycles. The molecule has 2 rings (SSSR count). The van der Waals surface area contributed by atoms with Crippen molar-refractivity contribution in [2.75, 3.05) is 0 Å². The van der Waals surface area contributed by atoms with E-state index in [1.807, 2.05) is 24.3 Å². The van der Waals surface area contributed by atoms with Gasteiger partial charge >= 0.3 is 5.97 Å². The highest BCUT2D eigenvalue weighted by Crippen LogP contribution is 2.40. The van der Waals surface area contributed by atoms with Gasteiger partial charge in [0.05, 0.1) is 15.6 Å². The Labute approximate surface area is 144 Å². The number of hydrogen-bond donors (Lipinski definition) is 1. The van der Waals surface area contributed by atoms with Gasteiger partial charge in [-0.2, -0.15) is 0 Å². The lowest BCUT2D eigenvalue weighted by atomic mass is 10.1. The maximum Gasteiger partial charge on any atom is 0.335 e. The molecule has 0 atom stereocenters. The van der Waals surface area contributed by atoms with Gasteiger partial charge in [0.25, 0.3) is 0 Å². The van der Waals surface area contributed by atoms with Gasteiger partial charge in [-0.1, -0.05) is 69.6 Å². The third kappa shape index (κ3) is 3.83. The van der Waals surface area contributed by atoms with Crippen molar-refractivity contribution in [1.29, 1.82) is 0 Å². The van der Waals surface area contributed by atoms with Crippen molar-refractivity contribution in [3.63, 3.8) is 0 Å². The zero-order valence-electron chi connectivity index (χ0n) is 10.6. The van der Waals surface area contributed by atoms with Crippen LogP contribution in [0.2, 0.25) is 10.0 Å². The molecule has 0 saturated heterocycles. The van der Waals surface area contributed by atoms with Crippen LogP contribution in [0, 0.1) is 0 Å². The highest BCUT2D eigenvalue weighted by molar-refractivity contribution is 9.10. The quantitative estimate of drug-likeness (QED) is 0.635. The van der Waals surface area contributed by atoms with Gasteiger partial charge in [-0.3, -0.25) is 0 Å². The molecule has 0 spiro atoms. The Balaban J connectivity index is 2.37. The molecule has 21 heavy (non-hydrogen) atoms. The first-order chi connectivity index (χ1) is 9.90. The molecule has 0 amide bonds. The molecule has 0 fully saturated rings. The van der Waals surface area contributed by atoms with Gasteiger partial charge in [0.1, 0.15) is 0 Å². The summed E-state index contributed by atoms with van der Waals surface area (Å²) in [5.74, 6) is -1.12. The van der Waals surface area contributed by atoms with E-state index in [1.165, 1.54) is 11.8 Å². The van der Waals surface area contributed by atoms with Gasteiger partial charge in [-0.15, -0.1) is 0 Å². The smallest absolute Gasteiger partial charge is 0.335 e. The van der Waals surface area contributed by atoms with Gasteiger partial charge in [0, 0.05) is 19.8 Å². The van der Waals surface area contributed by atoms with Crippen molar-refractivity contribution in [3.8, 4) is 0 Å². The average molecular weight is 404 g/mol. The van der Waals surface area contributed by atoms with Crippen LogP contribution < -0.4 is 0 Å². The van der Waals surface area contributed by atoms with E-state index in [0.717, 1.165) is 14.3 Å². The Bertz CT molecular complexity index is 732. The normalized spacial score (nSPS) is 10.4. The minimum atomic E-state index is -1.12. The summed E-state index contributed by atoms with van der Waals surface area (Å²) < 4.78 is 0.964.